The van der Waals surface area contributed by atoms with E-state index in [-0.39, 0.29) is 41.1 Å². The fourth-order valence-electron chi connectivity index (χ4n) is 4.40. The van der Waals surface area contributed by atoms with Crippen LogP contribution in [-0.2, 0) is 21.0 Å². The molecule has 2 aromatic heterocycles. The summed E-state index contributed by atoms with van der Waals surface area (Å²) >= 11 is 3.36. The van der Waals surface area contributed by atoms with Gasteiger partial charge in [0.25, 0.3) is 16.5 Å². The Balaban J connectivity index is 0.00000141. The van der Waals surface area contributed by atoms with Crippen LogP contribution in [-0.4, -0.2) is 66.1 Å². The molecule has 0 spiro atoms. The van der Waals surface area contributed by atoms with Crippen molar-refractivity contribution in [3.63, 3.8) is 0 Å². The summed E-state index contributed by atoms with van der Waals surface area (Å²) in [6.45, 7) is -0.250. The maximum absolute atomic E-state index is 13.2. The number of hydrogen-bond acceptors (Lipinski definition) is 8. The van der Waals surface area contributed by atoms with Gasteiger partial charge in [-0.15, -0.1) is 0 Å². The standard InChI is InChI=1S/C24H25BrF3N5O3S.CH2O2/c1-33(2)20-11-16(15-4-3-5-17(10-15)24(26,27)28)6-7-21(20)36-23-19(25)12-18(13-30-23)37(34,35)32-22-8-9-29-14-31-22;2-1-3/h3-5,8-10,12-14,16,20-21H,6-7,11H2,1-2H3,(H,29,31,32);1H,(H,2,3). The number of benzene rings is 1. The Kier molecular flexibility index (Phi) is 10.4. The van der Waals surface area contributed by atoms with Crippen LogP contribution in [0.4, 0.5) is 19.0 Å². The monoisotopic (exact) mass is 645 g/mol. The summed E-state index contributed by atoms with van der Waals surface area (Å²) in [4.78, 5) is 22.1. The van der Waals surface area contributed by atoms with Crippen molar-refractivity contribution in [3.05, 3.63) is 70.7 Å². The molecule has 1 aliphatic rings. The molecule has 1 fully saturated rings. The Hall–Kier alpha value is -3.30. The molecule has 2 N–H and O–H groups in total. The molecule has 1 aromatic carbocycles. The van der Waals surface area contributed by atoms with E-state index in [1.807, 2.05) is 19.0 Å². The van der Waals surface area contributed by atoms with E-state index in [0.29, 0.717) is 29.3 Å². The third kappa shape index (κ3) is 8.11. The van der Waals surface area contributed by atoms with E-state index in [9.17, 15) is 21.6 Å². The van der Waals surface area contributed by atoms with E-state index in [2.05, 4.69) is 35.6 Å². The summed E-state index contributed by atoms with van der Waals surface area (Å²) in [6, 6.07) is 8.22. The SMILES string of the molecule is CN(C)C1CC(c2cccc(C(F)(F)F)c2)CCC1Oc1ncc(S(=O)(=O)Nc2ccncn2)cc1Br.O=CO. The Morgan fingerprint density at radius 1 is 1.18 bits per heavy atom. The summed E-state index contributed by atoms with van der Waals surface area (Å²) in [5.74, 6) is 0.305. The highest BCUT2D eigenvalue weighted by Crippen LogP contribution is 2.39. The van der Waals surface area contributed by atoms with Gasteiger partial charge in [0.1, 0.15) is 23.1 Å². The van der Waals surface area contributed by atoms with Crippen LogP contribution >= 0.6 is 15.9 Å². The number of sulfonamides is 1. The predicted molar refractivity (Wildman–Crippen MR) is 143 cm³/mol. The number of carboxylic acid groups (broad SMARTS) is 1. The maximum Gasteiger partial charge on any atom is 0.416 e. The molecule has 3 aromatic rings. The molecule has 1 aliphatic carbocycles. The van der Waals surface area contributed by atoms with Crippen LogP contribution in [0.2, 0.25) is 0 Å². The minimum Gasteiger partial charge on any atom is -0.483 e. The Morgan fingerprint density at radius 2 is 1.90 bits per heavy atom. The zero-order valence-electron chi connectivity index (χ0n) is 21.4. The second-order valence-corrected chi connectivity index (χ2v) is 11.6. The van der Waals surface area contributed by atoms with Crippen molar-refractivity contribution in [1.29, 1.82) is 0 Å². The lowest BCUT2D eigenvalue weighted by molar-refractivity contribution is -0.137. The predicted octanol–water partition coefficient (Wildman–Crippen LogP) is 4.80. The second kappa shape index (κ2) is 13.4. The van der Waals surface area contributed by atoms with Gasteiger partial charge in [0, 0.05) is 12.2 Å². The van der Waals surface area contributed by atoms with Gasteiger partial charge in [-0.1, -0.05) is 18.2 Å². The van der Waals surface area contributed by atoms with Crippen LogP contribution in [0.25, 0.3) is 0 Å². The second-order valence-electron chi connectivity index (χ2n) is 9.08. The molecule has 40 heavy (non-hydrogen) atoms. The van der Waals surface area contributed by atoms with E-state index in [1.54, 1.807) is 6.07 Å². The number of nitrogens with one attached hydrogen (secondary N) is 1. The lowest BCUT2D eigenvalue weighted by atomic mass is 9.79. The Morgan fingerprint density at radius 3 is 2.50 bits per heavy atom. The number of aromatic nitrogens is 3. The molecule has 0 bridgehead atoms. The van der Waals surface area contributed by atoms with Gasteiger partial charge in [0.15, 0.2) is 0 Å². The molecule has 216 valence electrons. The molecule has 0 amide bonds. The molecule has 4 rings (SSSR count). The maximum atomic E-state index is 13.2. The topological polar surface area (TPSA) is 135 Å². The quantitative estimate of drug-likeness (QED) is 0.347. The third-order valence-corrected chi connectivity index (χ3v) is 8.17. The number of alkyl halides is 3. The van der Waals surface area contributed by atoms with Crippen molar-refractivity contribution < 1.29 is 36.2 Å². The van der Waals surface area contributed by atoms with E-state index < -0.39 is 21.8 Å². The van der Waals surface area contributed by atoms with Crippen molar-refractivity contribution in [3.8, 4) is 5.88 Å². The number of hydrogen-bond donors (Lipinski definition) is 2. The van der Waals surface area contributed by atoms with Crippen molar-refractivity contribution in [1.82, 2.24) is 19.9 Å². The van der Waals surface area contributed by atoms with Crippen LogP contribution in [0.1, 0.15) is 36.3 Å². The number of pyridine rings is 1. The van der Waals surface area contributed by atoms with Gasteiger partial charge in [-0.05, 0) is 79.0 Å². The molecule has 0 saturated heterocycles. The summed E-state index contributed by atoms with van der Waals surface area (Å²) in [5.41, 5.74) is 0.00679. The first-order chi connectivity index (χ1) is 18.9. The molecular weight excluding hydrogens is 619 g/mol. The highest BCUT2D eigenvalue weighted by Gasteiger charge is 2.36. The smallest absolute Gasteiger partial charge is 0.416 e. The van der Waals surface area contributed by atoms with Gasteiger partial charge in [0.05, 0.1) is 16.2 Å². The molecule has 3 atom stereocenters. The fraction of sp³-hybridized carbons (Fsp3) is 0.360. The van der Waals surface area contributed by atoms with Crippen LogP contribution < -0.4 is 9.46 Å². The highest BCUT2D eigenvalue weighted by atomic mass is 79.9. The molecule has 1 saturated carbocycles. The van der Waals surface area contributed by atoms with Crippen molar-refractivity contribution in [2.45, 2.75) is 48.4 Å². The number of rotatable bonds is 7. The number of anilines is 1. The first-order valence-corrected chi connectivity index (χ1v) is 14.2. The zero-order valence-corrected chi connectivity index (χ0v) is 23.8. The summed E-state index contributed by atoms with van der Waals surface area (Å²) in [7, 11) is -0.148. The molecule has 15 heteroatoms. The average Bonchev–Trinajstić information content (AvgIpc) is 2.90. The van der Waals surface area contributed by atoms with Gasteiger partial charge in [-0.2, -0.15) is 13.2 Å². The first-order valence-electron chi connectivity index (χ1n) is 11.9. The fourth-order valence-corrected chi connectivity index (χ4v) is 5.98. The van der Waals surface area contributed by atoms with Crippen LogP contribution in [0.3, 0.4) is 0 Å². The highest BCUT2D eigenvalue weighted by molar-refractivity contribution is 9.10. The van der Waals surface area contributed by atoms with E-state index in [0.717, 1.165) is 6.07 Å². The average molecular weight is 646 g/mol. The van der Waals surface area contributed by atoms with Crippen LogP contribution in [0.5, 0.6) is 5.88 Å². The number of halogens is 4. The number of ether oxygens (including phenoxy) is 1. The Bertz CT molecular complexity index is 1400. The molecule has 0 radical (unpaired) electrons. The lowest BCUT2D eigenvalue weighted by Gasteiger charge is -2.39. The minimum atomic E-state index is -4.39. The Labute approximate surface area is 237 Å². The minimum absolute atomic E-state index is 0.0497. The van der Waals surface area contributed by atoms with Crippen molar-refractivity contribution in [2.75, 3.05) is 18.8 Å². The van der Waals surface area contributed by atoms with Crippen molar-refractivity contribution >= 4 is 38.2 Å². The molecule has 10 nitrogen and oxygen atoms in total. The van der Waals surface area contributed by atoms with E-state index >= 15 is 0 Å². The number of nitrogens with zero attached hydrogens (tertiary/aromatic N) is 4. The van der Waals surface area contributed by atoms with Crippen molar-refractivity contribution in [2.24, 2.45) is 0 Å². The zero-order chi connectivity index (χ0) is 29.5. The lowest BCUT2D eigenvalue weighted by Crippen LogP contribution is -2.46. The van der Waals surface area contributed by atoms with Crippen LogP contribution in [0, 0.1) is 0 Å². The molecule has 3 unspecified atom stereocenters. The van der Waals surface area contributed by atoms with Gasteiger partial charge in [0.2, 0.25) is 5.88 Å². The first kappa shape index (κ1) is 31.2. The number of carbonyl (C=O) groups is 1. The van der Waals surface area contributed by atoms with Crippen LogP contribution in [0.15, 0.2) is 64.5 Å². The van der Waals surface area contributed by atoms with E-state index in [4.69, 9.17) is 14.6 Å². The number of likely N-dealkylation sites (N-methyl/N-ethyl adjacent to an activating group) is 1. The third-order valence-electron chi connectivity index (χ3n) is 6.28. The largest absolute Gasteiger partial charge is 0.483 e. The van der Waals surface area contributed by atoms with Gasteiger partial charge < -0.3 is 14.7 Å². The van der Waals surface area contributed by atoms with Gasteiger partial charge >= 0.3 is 6.18 Å². The summed E-state index contributed by atoms with van der Waals surface area (Å²) in [6.07, 6.45) is 0.997. The summed E-state index contributed by atoms with van der Waals surface area (Å²) < 4.78 is 73.9. The normalized spacial score (nSPS) is 19.3. The summed E-state index contributed by atoms with van der Waals surface area (Å²) in [5, 5.41) is 6.89. The molecule has 2 heterocycles. The molecular formula is C25H27BrF3N5O5S. The van der Waals surface area contributed by atoms with Gasteiger partial charge in [-0.25, -0.2) is 23.4 Å². The van der Waals surface area contributed by atoms with Gasteiger partial charge in [-0.3, -0.25) is 9.52 Å². The molecule has 0 aliphatic heterocycles. The van der Waals surface area contributed by atoms with E-state index in [1.165, 1.54) is 43.0 Å².